The first-order chi connectivity index (χ1) is 12.2. The Kier molecular flexibility index (Phi) is 4.69. The molecule has 0 bridgehead atoms. The van der Waals surface area contributed by atoms with Gasteiger partial charge in [-0.2, -0.15) is 0 Å². The van der Waals surface area contributed by atoms with Crippen LogP contribution in [0.2, 0.25) is 0 Å². The van der Waals surface area contributed by atoms with Gasteiger partial charge in [-0.25, -0.2) is 9.50 Å². The molecule has 0 unspecified atom stereocenters. The molecule has 0 aliphatic rings. The normalized spacial score (nSPS) is 10.5. The van der Waals surface area contributed by atoms with Crippen molar-refractivity contribution >= 4 is 11.6 Å². The van der Waals surface area contributed by atoms with Gasteiger partial charge >= 0.3 is 0 Å². The van der Waals surface area contributed by atoms with E-state index in [0.29, 0.717) is 23.0 Å². The Morgan fingerprint density at radius 3 is 2.68 bits per heavy atom. The molecule has 0 saturated heterocycles. The number of para-hydroxylation sites is 1. The van der Waals surface area contributed by atoms with Crippen LogP contribution in [-0.2, 0) is 6.54 Å². The number of benzene rings is 1. The maximum atomic E-state index is 12.4. The lowest BCUT2D eigenvalue weighted by atomic mass is 10.2. The Morgan fingerprint density at radius 2 is 1.96 bits per heavy atom. The zero-order chi connectivity index (χ0) is 17.8. The number of fused-ring (bicyclic) bond motifs is 1. The summed E-state index contributed by atoms with van der Waals surface area (Å²) in [5, 5.41) is 7.00. The van der Waals surface area contributed by atoms with E-state index in [1.54, 1.807) is 38.6 Å². The van der Waals surface area contributed by atoms with Gasteiger partial charge in [-0.15, -0.1) is 5.10 Å². The highest BCUT2D eigenvalue weighted by Gasteiger charge is 2.14. The van der Waals surface area contributed by atoms with Crippen molar-refractivity contribution < 1.29 is 19.0 Å². The minimum absolute atomic E-state index is 0.266. The number of ether oxygens (including phenoxy) is 3. The predicted octanol–water partition coefficient (Wildman–Crippen LogP) is 1.69. The molecule has 3 aromatic rings. The number of hydrogen-bond donors (Lipinski definition) is 1. The lowest BCUT2D eigenvalue weighted by molar-refractivity contribution is 0.0946. The third-order valence-electron chi connectivity index (χ3n) is 3.66. The Bertz CT molecular complexity index is 907. The lowest BCUT2D eigenvalue weighted by Crippen LogP contribution is -2.23. The van der Waals surface area contributed by atoms with Crippen LogP contribution >= 0.6 is 0 Å². The van der Waals surface area contributed by atoms with Crippen molar-refractivity contribution in [2.75, 3.05) is 21.3 Å². The van der Waals surface area contributed by atoms with Crippen molar-refractivity contribution in [2.45, 2.75) is 6.54 Å². The van der Waals surface area contributed by atoms with Crippen LogP contribution in [0.15, 0.2) is 36.5 Å². The van der Waals surface area contributed by atoms with E-state index in [9.17, 15) is 4.79 Å². The van der Waals surface area contributed by atoms with E-state index in [1.807, 2.05) is 12.1 Å². The molecular weight excluding hydrogens is 324 g/mol. The molecule has 1 aromatic carbocycles. The minimum atomic E-state index is -0.311. The number of imidazole rings is 1. The first kappa shape index (κ1) is 16.6. The summed E-state index contributed by atoms with van der Waals surface area (Å²) in [4.78, 5) is 16.6. The summed E-state index contributed by atoms with van der Waals surface area (Å²) in [6.07, 6.45) is 1.55. The van der Waals surface area contributed by atoms with Crippen molar-refractivity contribution in [3.05, 3.63) is 47.8 Å². The summed E-state index contributed by atoms with van der Waals surface area (Å²) in [7, 11) is 4.66. The fourth-order valence-electron chi connectivity index (χ4n) is 2.44. The van der Waals surface area contributed by atoms with Gasteiger partial charge in [0.15, 0.2) is 17.1 Å². The molecule has 8 nitrogen and oxygen atoms in total. The number of carbonyl (C=O) groups is 1. The van der Waals surface area contributed by atoms with Gasteiger partial charge < -0.3 is 19.5 Å². The van der Waals surface area contributed by atoms with Crippen LogP contribution in [0.5, 0.6) is 17.4 Å². The quantitative estimate of drug-likeness (QED) is 0.733. The van der Waals surface area contributed by atoms with Gasteiger partial charge in [-0.1, -0.05) is 12.1 Å². The zero-order valence-electron chi connectivity index (χ0n) is 14.1. The van der Waals surface area contributed by atoms with Crippen LogP contribution in [0.3, 0.4) is 0 Å². The fourth-order valence-corrected chi connectivity index (χ4v) is 2.44. The largest absolute Gasteiger partial charge is 0.493 e. The second-order valence-corrected chi connectivity index (χ2v) is 5.14. The lowest BCUT2D eigenvalue weighted by Gasteiger charge is -2.12. The molecular formula is C17H18N4O4. The molecule has 25 heavy (non-hydrogen) atoms. The number of aromatic nitrogens is 3. The first-order valence-electron chi connectivity index (χ1n) is 7.54. The van der Waals surface area contributed by atoms with Gasteiger partial charge in [0, 0.05) is 18.2 Å². The first-order valence-corrected chi connectivity index (χ1v) is 7.54. The summed E-state index contributed by atoms with van der Waals surface area (Å²) < 4.78 is 17.2. The Labute approximate surface area is 144 Å². The van der Waals surface area contributed by atoms with E-state index in [2.05, 4.69) is 15.4 Å². The molecule has 0 aliphatic carbocycles. The monoisotopic (exact) mass is 342 g/mol. The standard InChI is InChI=1S/C17H18N4O4/c1-23-13-6-4-5-11(16(13)25-3)9-18-17(22)12-10-21-14(19-12)7-8-15(20-21)24-2/h4-8,10H,9H2,1-3H3,(H,18,22). The van der Waals surface area contributed by atoms with Crippen LogP contribution in [0.4, 0.5) is 0 Å². The average Bonchev–Trinajstić information content (AvgIpc) is 3.08. The van der Waals surface area contributed by atoms with Crippen molar-refractivity contribution in [1.29, 1.82) is 0 Å². The number of amides is 1. The maximum absolute atomic E-state index is 12.4. The van der Waals surface area contributed by atoms with Gasteiger partial charge in [0.05, 0.1) is 27.5 Å². The fraction of sp³-hybridized carbons (Fsp3) is 0.235. The molecule has 0 spiro atoms. The van der Waals surface area contributed by atoms with Crippen LogP contribution in [0.25, 0.3) is 5.65 Å². The molecule has 2 aromatic heterocycles. The highest BCUT2D eigenvalue weighted by molar-refractivity contribution is 5.92. The van der Waals surface area contributed by atoms with Gasteiger partial charge in [-0.3, -0.25) is 4.79 Å². The van der Waals surface area contributed by atoms with Crippen molar-refractivity contribution in [3.8, 4) is 17.4 Å². The molecule has 1 amide bonds. The van der Waals surface area contributed by atoms with Crippen LogP contribution in [-0.4, -0.2) is 41.8 Å². The smallest absolute Gasteiger partial charge is 0.271 e. The molecule has 1 N–H and O–H groups in total. The van der Waals surface area contributed by atoms with Gasteiger partial charge in [0.25, 0.3) is 5.91 Å². The van der Waals surface area contributed by atoms with Crippen molar-refractivity contribution in [2.24, 2.45) is 0 Å². The second-order valence-electron chi connectivity index (χ2n) is 5.14. The van der Waals surface area contributed by atoms with E-state index in [4.69, 9.17) is 14.2 Å². The third kappa shape index (κ3) is 3.32. The van der Waals surface area contributed by atoms with Gasteiger partial charge in [-0.05, 0) is 12.1 Å². The minimum Gasteiger partial charge on any atom is -0.493 e. The number of hydrogen-bond acceptors (Lipinski definition) is 6. The maximum Gasteiger partial charge on any atom is 0.271 e. The molecule has 8 heteroatoms. The number of carbonyl (C=O) groups excluding carboxylic acids is 1. The van der Waals surface area contributed by atoms with Crippen molar-refractivity contribution in [1.82, 2.24) is 19.9 Å². The predicted molar refractivity (Wildman–Crippen MR) is 90.3 cm³/mol. The summed E-state index contributed by atoms with van der Waals surface area (Å²) >= 11 is 0. The van der Waals surface area contributed by atoms with E-state index in [-0.39, 0.29) is 18.1 Å². The van der Waals surface area contributed by atoms with Crippen molar-refractivity contribution in [3.63, 3.8) is 0 Å². The Morgan fingerprint density at radius 1 is 1.12 bits per heavy atom. The van der Waals surface area contributed by atoms with Crippen LogP contribution < -0.4 is 19.5 Å². The van der Waals surface area contributed by atoms with Gasteiger partial charge in [0.1, 0.15) is 5.69 Å². The summed E-state index contributed by atoms with van der Waals surface area (Å²) in [5.74, 6) is 1.33. The molecule has 130 valence electrons. The zero-order valence-corrected chi connectivity index (χ0v) is 14.1. The number of methoxy groups -OCH3 is 3. The SMILES string of the molecule is COc1ccc2nc(C(=O)NCc3cccc(OC)c3OC)cn2n1. The Hall–Kier alpha value is -3.29. The molecule has 2 heterocycles. The number of nitrogens with zero attached hydrogens (tertiary/aromatic N) is 3. The number of nitrogens with one attached hydrogen (secondary N) is 1. The molecule has 0 radical (unpaired) electrons. The van der Waals surface area contributed by atoms with E-state index in [0.717, 1.165) is 5.56 Å². The van der Waals surface area contributed by atoms with E-state index >= 15 is 0 Å². The summed E-state index contributed by atoms with van der Waals surface area (Å²) in [6, 6.07) is 8.91. The van der Waals surface area contributed by atoms with E-state index in [1.165, 1.54) is 11.6 Å². The van der Waals surface area contributed by atoms with Crippen LogP contribution in [0.1, 0.15) is 16.1 Å². The molecule has 0 fully saturated rings. The average molecular weight is 342 g/mol. The topological polar surface area (TPSA) is 87.0 Å². The molecule has 0 saturated carbocycles. The third-order valence-corrected chi connectivity index (χ3v) is 3.66. The molecule has 0 aliphatic heterocycles. The van der Waals surface area contributed by atoms with Crippen LogP contribution in [0, 0.1) is 0 Å². The highest BCUT2D eigenvalue weighted by Crippen LogP contribution is 2.30. The molecule has 3 rings (SSSR count). The number of rotatable bonds is 6. The summed E-state index contributed by atoms with van der Waals surface area (Å²) in [5.41, 5.74) is 1.63. The van der Waals surface area contributed by atoms with Gasteiger partial charge in [0.2, 0.25) is 5.88 Å². The highest BCUT2D eigenvalue weighted by atomic mass is 16.5. The molecule has 0 atom stereocenters. The summed E-state index contributed by atoms with van der Waals surface area (Å²) in [6.45, 7) is 0.282. The Balaban J connectivity index is 1.77. The second kappa shape index (κ2) is 7.08. The van der Waals surface area contributed by atoms with E-state index < -0.39 is 0 Å².